The number of rotatable bonds is 6. The van der Waals surface area contributed by atoms with Crippen LogP contribution in [-0.4, -0.2) is 36.7 Å². The standard InChI is InChI=1S/C16H19F2N5O2/c1-10-7-12(21-15(20-10)23(2)3)9-19-16(24)22-11-5-4-6-13(8-11)25-14(17)18/h4-8,14H,9H2,1-3H3,(H2,19,22,24). The van der Waals surface area contributed by atoms with Crippen LogP contribution in [0, 0.1) is 6.92 Å². The molecule has 1 aromatic heterocycles. The maximum Gasteiger partial charge on any atom is 0.387 e. The van der Waals surface area contributed by atoms with Crippen LogP contribution in [-0.2, 0) is 6.54 Å². The van der Waals surface area contributed by atoms with E-state index in [0.29, 0.717) is 17.3 Å². The fraction of sp³-hybridized carbons (Fsp3) is 0.312. The normalized spacial score (nSPS) is 10.5. The zero-order chi connectivity index (χ0) is 18.4. The Balaban J connectivity index is 1.95. The van der Waals surface area contributed by atoms with Crippen LogP contribution in [0.4, 0.5) is 25.2 Å². The molecule has 0 unspecified atom stereocenters. The van der Waals surface area contributed by atoms with E-state index >= 15 is 0 Å². The first-order valence-corrected chi connectivity index (χ1v) is 7.45. The Morgan fingerprint density at radius 1 is 1.28 bits per heavy atom. The highest BCUT2D eigenvalue weighted by Crippen LogP contribution is 2.19. The van der Waals surface area contributed by atoms with Crippen LogP contribution in [0.3, 0.4) is 0 Å². The fourth-order valence-electron chi connectivity index (χ4n) is 2.00. The number of ether oxygens (including phenoxy) is 1. The van der Waals surface area contributed by atoms with Gasteiger partial charge in [-0.05, 0) is 25.1 Å². The second-order valence-electron chi connectivity index (χ2n) is 5.41. The lowest BCUT2D eigenvalue weighted by Crippen LogP contribution is -2.29. The van der Waals surface area contributed by atoms with E-state index in [1.54, 1.807) is 17.0 Å². The Bertz CT molecular complexity index is 740. The zero-order valence-corrected chi connectivity index (χ0v) is 14.1. The number of carbonyl (C=O) groups excluding carboxylic acids is 1. The number of urea groups is 1. The molecule has 0 aliphatic rings. The van der Waals surface area contributed by atoms with Crippen molar-refractivity contribution in [3.63, 3.8) is 0 Å². The first-order chi connectivity index (χ1) is 11.8. The molecule has 2 amide bonds. The topological polar surface area (TPSA) is 79.4 Å². The van der Waals surface area contributed by atoms with E-state index in [1.807, 2.05) is 21.0 Å². The van der Waals surface area contributed by atoms with Gasteiger partial charge in [0.25, 0.3) is 0 Å². The predicted molar refractivity (Wildman–Crippen MR) is 90.0 cm³/mol. The monoisotopic (exact) mass is 351 g/mol. The Hall–Kier alpha value is -2.97. The molecular weight excluding hydrogens is 332 g/mol. The Morgan fingerprint density at radius 3 is 2.72 bits per heavy atom. The van der Waals surface area contributed by atoms with Crippen LogP contribution in [0.1, 0.15) is 11.4 Å². The van der Waals surface area contributed by atoms with Crippen LogP contribution >= 0.6 is 0 Å². The van der Waals surface area contributed by atoms with Gasteiger partial charge < -0.3 is 20.3 Å². The third-order valence-corrected chi connectivity index (χ3v) is 3.04. The van der Waals surface area contributed by atoms with Crippen molar-refractivity contribution in [3.05, 3.63) is 41.7 Å². The largest absolute Gasteiger partial charge is 0.435 e. The lowest BCUT2D eigenvalue weighted by atomic mass is 10.3. The third kappa shape index (κ3) is 5.87. The van der Waals surface area contributed by atoms with Crippen LogP contribution < -0.4 is 20.3 Å². The minimum absolute atomic E-state index is 0.0325. The number of hydrogen-bond donors (Lipinski definition) is 2. The van der Waals surface area contributed by atoms with Crippen molar-refractivity contribution in [2.45, 2.75) is 20.1 Å². The number of aryl methyl sites for hydroxylation is 1. The predicted octanol–water partition coefficient (Wildman–Crippen LogP) is 2.77. The van der Waals surface area contributed by atoms with Gasteiger partial charge in [0, 0.05) is 31.5 Å². The van der Waals surface area contributed by atoms with Gasteiger partial charge in [-0.2, -0.15) is 8.78 Å². The summed E-state index contributed by atoms with van der Waals surface area (Å²) < 4.78 is 28.7. The number of alkyl halides is 2. The summed E-state index contributed by atoms with van der Waals surface area (Å²) in [6.45, 7) is -0.883. The molecule has 0 saturated carbocycles. The molecule has 0 radical (unpaired) electrons. The Kier molecular flexibility index (Phi) is 6.04. The number of carbonyl (C=O) groups is 1. The highest BCUT2D eigenvalue weighted by Gasteiger charge is 2.08. The molecule has 0 spiro atoms. The van der Waals surface area contributed by atoms with E-state index in [0.717, 1.165) is 5.69 Å². The molecule has 0 aliphatic heterocycles. The second-order valence-corrected chi connectivity index (χ2v) is 5.41. The number of benzene rings is 1. The first-order valence-electron chi connectivity index (χ1n) is 7.45. The van der Waals surface area contributed by atoms with Gasteiger partial charge in [0.2, 0.25) is 5.95 Å². The molecule has 7 nitrogen and oxygen atoms in total. The molecule has 0 saturated heterocycles. The molecule has 0 atom stereocenters. The summed E-state index contributed by atoms with van der Waals surface area (Å²) >= 11 is 0. The van der Waals surface area contributed by atoms with E-state index in [2.05, 4.69) is 25.3 Å². The molecule has 1 heterocycles. The highest BCUT2D eigenvalue weighted by atomic mass is 19.3. The number of halogens is 2. The smallest absolute Gasteiger partial charge is 0.387 e. The minimum Gasteiger partial charge on any atom is -0.435 e. The van der Waals surface area contributed by atoms with E-state index in [-0.39, 0.29) is 12.3 Å². The van der Waals surface area contributed by atoms with Gasteiger partial charge in [-0.1, -0.05) is 6.07 Å². The lowest BCUT2D eigenvalue weighted by Gasteiger charge is -2.13. The molecule has 2 N–H and O–H groups in total. The number of aromatic nitrogens is 2. The van der Waals surface area contributed by atoms with Gasteiger partial charge in [-0.3, -0.25) is 0 Å². The molecule has 0 fully saturated rings. The van der Waals surface area contributed by atoms with Crippen LogP contribution in [0.5, 0.6) is 5.75 Å². The molecule has 25 heavy (non-hydrogen) atoms. The third-order valence-electron chi connectivity index (χ3n) is 3.04. The van der Waals surface area contributed by atoms with E-state index in [9.17, 15) is 13.6 Å². The molecular formula is C16H19F2N5O2. The lowest BCUT2D eigenvalue weighted by molar-refractivity contribution is -0.0497. The number of nitrogens with one attached hydrogen (secondary N) is 2. The number of amides is 2. The van der Waals surface area contributed by atoms with Gasteiger partial charge in [0.1, 0.15) is 5.75 Å². The van der Waals surface area contributed by atoms with Crippen molar-refractivity contribution in [1.29, 1.82) is 0 Å². The summed E-state index contributed by atoms with van der Waals surface area (Å²) in [5.41, 5.74) is 1.78. The number of hydrogen-bond acceptors (Lipinski definition) is 5. The molecule has 9 heteroatoms. The van der Waals surface area contributed by atoms with Crippen molar-refractivity contribution in [3.8, 4) is 5.75 Å². The maximum atomic E-state index is 12.2. The van der Waals surface area contributed by atoms with Crippen molar-refractivity contribution >= 4 is 17.7 Å². The molecule has 2 rings (SSSR count). The van der Waals surface area contributed by atoms with Gasteiger partial charge in [0.05, 0.1) is 12.2 Å². The zero-order valence-electron chi connectivity index (χ0n) is 14.1. The van der Waals surface area contributed by atoms with Crippen LogP contribution in [0.25, 0.3) is 0 Å². The highest BCUT2D eigenvalue weighted by molar-refractivity contribution is 5.89. The molecule has 2 aromatic rings. The minimum atomic E-state index is -2.92. The average Bonchev–Trinajstić information content (AvgIpc) is 2.52. The fourth-order valence-corrected chi connectivity index (χ4v) is 2.00. The molecule has 0 bridgehead atoms. The summed E-state index contributed by atoms with van der Waals surface area (Å²) in [5.74, 6) is 0.518. The maximum absolute atomic E-state index is 12.2. The summed E-state index contributed by atoms with van der Waals surface area (Å²) in [5, 5.41) is 5.20. The van der Waals surface area contributed by atoms with Gasteiger partial charge >= 0.3 is 12.6 Å². The Morgan fingerprint density at radius 2 is 2.04 bits per heavy atom. The molecule has 134 valence electrons. The van der Waals surface area contributed by atoms with E-state index < -0.39 is 12.6 Å². The summed E-state index contributed by atoms with van der Waals surface area (Å²) in [6, 6.07) is 7.04. The quantitative estimate of drug-likeness (QED) is 0.837. The van der Waals surface area contributed by atoms with Gasteiger partial charge in [-0.15, -0.1) is 0 Å². The molecule has 0 aliphatic carbocycles. The SMILES string of the molecule is Cc1cc(CNC(=O)Nc2cccc(OC(F)F)c2)nc(N(C)C)n1. The number of nitrogens with zero attached hydrogens (tertiary/aromatic N) is 3. The van der Waals surface area contributed by atoms with E-state index in [4.69, 9.17) is 0 Å². The van der Waals surface area contributed by atoms with Crippen LogP contribution in [0.2, 0.25) is 0 Å². The van der Waals surface area contributed by atoms with Crippen molar-refractivity contribution < 1.29 is 18.3 Å². The molecule has 1 aromatic carbocycles. The van der Waals surface area contributed by atoms with Crippen molar-refractivity contribution in [2.24, 2.45) is 0 Å². The average molecular weight is 351 g/mol. The van der Waals surface area contributed by atoms with Gasteiger partial charge in [-0.25, -0.2) is 14.8 Å². The van der Waals surface area contributed by atoms with Crippen molar-refractivity contribution in [1.82, 2.24) is 15.3 Å². The van der Waals surface area contributed by atoms with E-state index in [1.165, 1.54) is 18.2 Å². The summed E-state index contributed by atoms with van der Waals surface area (Å²) in [6.07, 6.45) is 0. The summed E-state index contributed by atoms with van der Waals surface area (Å²) in [7, 11) is 3.65. The second kappa shape index (κ2) is 8.22. The first kappa shape index (κ1) is 18.4. The van der Waals surface area contributed by atoms with Crippen molar-refractivity contribution in [2.75, 3.05) is 24.3 Å². The number of anilines is 2. The van der Waals surface area contributed by atoms with Gasteiger partial charge in [0.15, 0.2) is 0 Å². The Labute approximate surface area is 144 Å². The summed E-state index contributed by atoms with van der Waals surface area (Å²) in [4.78, 5) is 22.3. The van der Waals surface area contributed by atoms with Crippen LogP contribution in [0.15, 0.2) is 30.3 Å².